The number of carbonyl (C=O) groups is 1. The van der Waals surface area contributed by atoms with Crippen molar-refractivity contribution in [2.45, 2.75) is 18.5 Å². The Hall–Kier alpha value is -4.41. The zero-order chi connectivity index (χ0) is 23.2. The standard InChI is InChI=1S/C23H23N9O2/c1-24-14-2-3-18-19(8-14)32(29-22(18)28-20-11-25-6-7-26-20)15-4-5-27-21(10-15)30-12-17-9-16(30)13-31(17)23(33)34/h2-8,10-11,16-17,24H,9,12-13H2,1H3,(H,33,34)(H,26,28,29)/t16-,17-/m0/s1. The SMILES string of the molecule is CNc1ccc2c(Nc3cnccn3)nn(-c3ccnc(N4C[C@@H]5C[C@H]4CN5C(=O)O)c3)c2c1. The number of pyridine rings is 1. The number of nitrogens with one attached hydrogen (secondary N) is 2. The lowest BCUT2D eigenvalue weighted by atomic mass is 10.2. The van der Waals surface area contributed by atoms with Gasteiger partial charge in [0.25, 0.3) is 0 Å². The molecule has 0 spiro atoms. The molecule has 4 aromatic rings. The van der Waals surface area contributed by atoms with E-state index in [9.17, 15) is 9.90 Å². The first-order valence-corrected chi connectivity index (χ1v) is 11.1. The Morgan fingerprint density at radius 1 is 1.09 bits per heavy atom. The highest BCUT2D eigenvalue weighted by Gasteiger charge is 2.45. The van der Waals surface area contributed by atoms with Gasteiger partial charge in [-0.05, 0) is 30.7 Å². The Labute approximate surface area is 195 Å². The first-order chi connectivity index (χ1) is 16.6. The molecular weight excluding hydrogens is 434 g/mol. The number of benzene rings is 1. The van der Waals surface area contributed by atoms with E-state index in [1.807, 2.05) is 42.1 Å². The van der Waals surface area contributed by atoms with Crippen LogP contribution in [0.4, 0.5) is 27.9 Å². The van der Waals surface area contributed by atoms with E-state index >= 15 is 0 Å². The van der Waals surface area contributed by atoms with Gasteiger partial charge in [-0.3, -0.25) is 4.98 Å². The van der Waals surface area contributed by atoms with Crippen molar-refractivity contribution in [1.29, 1.82) is 0 Å². The largest absolute Gasteiger partial charge is 0.465 e. The van der Waals surface area contributed by atoms with E-state index in [-0.39, 0.29) is 12.1 Å². The van der Waals surface area contributed by atoms with Crippen LogP contribution in [-0.2, 0) is 0 Å². The van der Waals surface area contributed by atoms with E-state index in [2.05, 4.69) is 30.5 Å². The number of amides is 1. The molecule has 3 N–H and O–H groups in total. The summed E-state index contributed by atoms with van der Waals surface area (Å²) < 4.78 is 1.89. The van der Waals surface area contributed by atoms with E-state index in [0.29, 0.717) is 24.7 Å². The lowest BCUT2D eigenvalue weighted by molar-refractivity contribution is 0.137. The molecule has 0 saturated carbocycles. The molecule has 2 fully saturated rings. The molecule has 2 atom stereocenters. The third-order valence-corrected chi connectivity index (χ3v) is 6.53. The zero-order valence-electron chi connectivity index (χ0n) is 18.5. The number of likely N-dealkylation sites (tertiary alicyclic amines) is 1. The number of aromatic nitrogens is 5. The van der Waals surface area contributed by atoms with Crippen molar-refractivity contribution in [2.75, 3.05) is 35.7 Å². The first-order valence-electron chi connectivity index (χ1n) is 11.1. The normalized spacial score (nSPS) is 19.1. The Morgan fingerprint density at radius 3 is 2.74 bits per heavy atom. The lowest BCUT2D eigenvalue weighted by Gasteiger charge is -2.33. The number of nitrogens with zero attached hydrogens (tertiary/aromatic N) is 7. The summed E-state index contributed by atoms with van der Waals surface area (Å²) in [4.78, 5) is 28.2. The van der Waals surface area contributed by atoms with E-state index in [0.717, 1.165) is 34.5 Å². The summed E-state index contributed by atoms with van der Waals surface area (Å²) in [6.07, 6.45) is 6.67. The summed E-state index contributed by atoms with van der Waals surface area (Å²) in [5, 5.41) is 21.7. The predicted octanol–water partition coefficient (Wildman–Crippen LogP) is 2.94. The lowest BCUT2D eigenvalue weighted by Crippen LogP contribution is -2.48. The fourth-order valence-electron chi connectivity index (χ4n) is 4.92. The highest BCUT2D eigenvalue weighted by atomic mass is 16.4. The summed E-state index contributed by atoms with van der Waals surface area (Å²) in [6.45, 7) is 1.16. The Kier molecular flexibility index (Phi) is 4.68. The Balaban J connectivity index is 1.38. The topological polar surface area (TPSA) is 124 Å². The van der Waals surface area contributed by atoms with Crippen LogP contribution in [0.15, 0.2) is 55.1 Å². The van der Waals surface area contributed by atoms with Gasteiger partial charge in [0, 0.05) is 55.9 Å². The van der Waals surface area contributed by atoms with Gasteiger partial charge < -0.3 is 25.5 Å². The maximum absolute atomic E-state index is 11.4. The highest BCUT2D eigenvalue weighted by Crippen LogP contribution is 2.35. The second-order valence-electron chi connectivity index (χ2n) is 8.46. The van der Waals surface area contributed by atoms with Gasteiger partial charge in [-0.25, -0.2) is 19.4 Å². The summed E-state index contributed by atoms with van der Waals surface area (Å²) in [5.41, 5.74) is 2.77. The van der Waals surface area contributed by atoms with Crippen molar-refractivity contribution in [3.05, 3.63) is 55.1 Å². The molecule has 0 radical (unpaired) electrons. The van der Waals surface area contributed by atoms with E-state index in [1.165, 1.54) is 4.90 Å². The molecule has 11 nitrogen and oxygen atoms in total. The molecule has 0 aliphatic carbocycles. The maximum atomic E-state index is 11.4. The molecule has 3 aromatic heterocycles. The van der Waals surface area contributed by atoms with E-state index < -0.39 is 6.09 Å². The van der Waals surface area contributed by atoms with Gasteiger partial charge in [0.2, 0.25) is 0 Å². The Morgan fingerprint density at radius 2 is 2.00 bits per heavy atom. The number of rotatable bonds is 5. The van der Waals surface area contributed by atoms with Crippen molar-refractivity contribution in [2.24, 2.45) is 0 Å². The average Bonchev–Trinajstić information content (AvgIpc) is 3.58. The van der Waals surface area contributed by atoms with Gasteiger partial charge in [0.05, 0.1) is 29.5 Å². The molecule has 172 valence electrons. The molecule has 1 aromatic carbocycles. The molecule has 2 bridgehead atoms. The number of hydrogen-bond donors (Lipinski definition) is 3. The van der Waals surface area contributed by atoms with Crippen LogP contribution in [0, 0.1) is 0 Å². The number of hydrogen-bond acceptors (Lipinski definition) is 8. The summed E-state index contributed by atoms with van der Waals surface area (Å²) in [6, 6.07) is 10.2. The highest BCUT2D eigenvalue weighted by molar-refractivity contribution is 5.94. The van der Waals surface area contributed by atoms with Gasteiger partial charge in [-0.1, -0.05) is 0 Å². The molecule has 2 aliphatic rings. The quantitative estimate of drug-likeness (QED) is 0.415. The zero-order valence-corrected chi connectivity index (χ0v) is 18.5. The second kappa shape index (κ2) is 7.87. The van der Waals surface area contributed by atoms with E-state index in [4.69, 9.17) is 5.10 Å². The fourth-order valence-corrected chi connectivity index (χ4v) is 4.92. The summed E-state index contributed by atoms with van der Waals surface area (Å²) in [5.74, 6) is 2.11. The monoisotopic (exact) mass is 457 g/mol. The number of anilines is 4. The van der Waals surface area contributed by atoms with Crippen molar-refractivity contribution in [3.63, 3.8) is 0 Å². The molecule has 11 heteroatoms. The van der Waals surface area contributed by atoms with E-state index in [1.54, 1.807) is 24.8 Å². The van der Waals surface area contributed by atoms with Gasteiger partial charge in [0.15, 0.2) is 5.82 Å². The van der Waals surface area contributed by atoms with Gasteiger partial charge in [-0.2, -0.15) is 0 Å². The van der Waals surface area contributed by atoms with Crippen LogP contribution < -0.4 is 15.5 Å². The van der Waals surface area contributed by atoms with Crippen LogP contribution in [-0.4, -0.2) is 73.1 Å². The number of carboxylic acid groups (broad SMARTS) is 1. The predicted molar refractivity (Wildman–Crippen MR) is 128 cm³/mol. The fraction of sp³-hybridized carbons (Fsp3) is 0.261. The van der Waals surface area contributed by atoms with Gasteiger partial charge >= 0.3 is 6.09 Å². The minimum atomic E-state index is -0.847. The third-order valence-electron chi connectivity index (χ3n) is 6.53. The molecule has 5 heterocycles. The maximum Gasteiger partial charge on any atom is 0.407 e. The molecule has 1 amide bonds. The Bertz CT molecular complexity index is 1370. The first kappa shape index (κ1) is 20.2. The van der Waals surface area contributed by atoms with Gasteiger partial charge in [-0.15, -0.1) is 5.10 Å². The average molecular weight is 457 g/mol. The molecule has 0 unspecified atom stereocenters. The molecular formula is C23H23N9O2. The van der Waals surface area contributed by atoms with Crippen molar-refractivity contribution in [1.82, 2.24) is 29.6 Å². The van der Waals surface area contributed by atoms with Crippen LogP contribution in [0.3, 0.4) is 0 Å². The van der Waals surface area contributed by atoms with Crippen LogP contribution in [0.5, 0.6) is 0 Å². The molecule has 2 aliphatic heterocycles. The van der Waals surface area contributed by atoms with Crippen molar-refractivity contribution in [3.8, 4) is 5.69 Å². The molecule has 6 rings (SSSR count). The van der Waals surface area contributed by atoms with Crippen molar-refractivity contribution >= 4 is 40.1 Å². The minimum absolute atomic E-state index is 0.0134. The van der Waals surface area contributed by atoms with Crippen LogP contribution in [0.1, 0.15) is 6.42 Å². The second-order valence-corrected chi connectivity index (χ2v) is 8.46. The van der Waals surface area contributed by atoms with Crippen LogP contribution in [0.25, 0.3) is 16.6 Å². The van der Waals surface area contributed by atoms with Crippen LogP contribution >= 0.6 is 0 Å². The van der Waals surface area contributed by atoms with Gasteiger partial charge in [0.1, 0.15) is 11.6 Å². The summed E-state index contributed by atoms with van der Waals surface area (Å²) in [7, 11) is 1.88. The van der Waals surface area contributed by atoms with Crippen LogP contribution in [0.2, 0.25) is 0 Å². The summed E-state index contributed by atoms with van der Waals surface area (Å²) >= 11 is 0. The number of fused-ring (bicyclic) bond motifs is 3. The van der Waals surface area contributed by atoms with Crippen molar-refractivity contribution < 1.29 is 9.90 Å². The number of piperazine rings is 1. The molecule has 2 saturated heterocycles. The molecule has 34 heavy (non-hydrogen) atoms. The third kappa shape index (κ3) is 3.33. The smallest absolute Gasteiger partial charge is 0.407 e. The minimum Gasteiger partial charge on any atom is -0.465 e.